The Morgan fingerprint density at radius 1 is 1.14 bits per heavy atom. The summed E-state index contributed by atoms with van der Waals surface area (Å²) in [5.41, 5.74) is 1.75. The summed E-state index contributed by atoms with van der Waals surface area (Å²) in [5, 5.41) is 3.53. The third-order valence-corrected chi connectivity index (χ3v) is 3.59. The largest absolute Gasteiger partial charge is 0.350 e. The fourth-order valence-electron chi connectivity index (χ4n) is 2.19. The van der Waals surface area contributed by atoms with E-state index in [0.717, 1.165) is 0 Å². The number of likely N-dealkylation sites (N-methyl/N-ethyl adjacent to an activating group) is 1. The lowest BCUT2D eigenvalue weighted by Gasteiger charge is -2.25. The predicted molar refractivity (Wildman–Crippen MR) is 86.7 cm³/mol. The van der Waals surface area contributed by atoms with Gasteiger partial charge in [0.25, 0.3) is 5.91 Å². The first-order chi connectivity index (χ1) is 10.1. The molecule has 4 heteroatoms. The number of amides is 1. The highest BCUT2D eigenvalue weighted by Gasteiger charge is 2.15. The maximum absolute atomic E-state index is 12.2. The van der Waals surface area contributed by atoms with Crippen molar-refractivity contribution in [3.63, 3.8) is 0 Å². The number of hydrogen-bond donors (Lipinski definition) is 1. The Morgan fingerprint density at radius 3 is 2.48 bits per heavy atom. The van der Waals surface area contributed by atoms with E-state index in [1.165, 1.54) is 5.56 Å². The predicted octanol–water partition coefficient (Wildman–Crippen LogP) is 3.37. The summed E-state index contributed by atoms with van der Waals surface area (Å²) in [5.74, 6) is -0.111. The first-order valence-corrected chi connectivity index (χ1v) is 7.21. The lowest BCUT2D eigenvalue weighted by Crippen LogP contribution is -2.34. The van der Waals surface area contributed by atoms with Crippen LogP contribution < -0.4 is 5.32 Å². The monoisotopic (exact) mass is 302 g/mol. The van der Waals surface area contributed by atoms with Gasteiger partial charge < -0.3 is 10.2 Å². The first kappa shape index (κ1) is 15.5. The molecule has 0 bridgehead atoms. The second kappa shape index (κ2) is 7.25. The average Bonchev–Trinajstić information content (AvgIpc) is 2.48. The minimum absolute atomic E-state index is 0.111. The summed E-state index contributed by atoms with van der Waals surface area (Å²) < 4.78 is 0. The van der Waals surface area contributed by atoms with Gasteiger partial charge in [-0.2, -0.15) is 0 Å². The number of nitrogens with one attached hydrogen (secondary N) is 1. The number of hydrogen-bond acceptors (Lipinski definition) is 2. The van der Waals surface area contributed by atoms with E-state index in [-0.39, 0.29) is 11.9 Å². The smallest absolute Gasteiger partial charge is 0.251 e. The number of halogens is 1. The van der Waals surface area contributed by atoms with E-state index in [4.69, 9.17) is 11.6 Å². The lowest BCUT2D eigenvalue weighted by molar-refractivity contribution is 0.0942. The zero-order valence-electron chi connectivity index (χ0n) is 12.2. The molecule has 0 radical (unpaired) electrons. The van der Waals surface area contributed by atoms with Gasteiger partial charge in [0, 0.05) is 17.1 Å². The van der Waals surface area contributed by atoms with Crippen LogP contribution in [0.25, 0.3) is 0 Å². The molecular weight excluding hydrogens is 284 g/mol. The van der Waals surface area contributed by atoms with Gasteiger partial charge >= 0.3 is 0 Å². The minimum Gasteiger partial charge on any atom is -0.350 e. The van der Waals surface area contributed by atoms with Crippen LogP contribution in [0.1, 0.15) is 22.0 Å². The molecule has 1 N–H and O–H groups in total. The van der Waals surface area contributed by atoms with Gasteiger partial charge in [0.05, 0.1) is 6.04 Å². The normalized spacial score (nSPS) is 12.2. The Kier molecular flexibility index (Phi) is 5.37. The van der Waals surface area contributed by atoms with Crippen LogP contribution in [0.5, 0.6) is 0 Å². The SMILES string of the molecule is CN(C)[C@@H](CNC(=O)c1cccc(Cl)c1)c1ccccc1. The second-order valence-electron chi connectivity index (χ2n) is 5.11. The van der Waals surface area contributed by atoms with Crippen LogP contribution in [0.15, 0.2) is 54.6 Å². The Balaban J connectivity index is 2.04. The molecule has 3 nitrogen and oxygen atoms in total. The van der Waals surface area contributed by atoms with Crippen LogP contribution in [-0.4, -0.2) is 31.4 Å². The van der Waals surface area contributed by atoms with Crippen LogP contribution >= 0.6 is 11.6 Å². The van der Waals surface area contributed by atoms with Gasteiger partial charge in [-0.15, -0.1) is 0 Å². The van der Waals surface area contributed by atoms with E-state index in [9.17, 15) is 4.79 Å². The van der Waals surface area contributed by atoms with Crippen molar-refractivity contribution in [2.75, 3.05) is 20.6 Å². The molecule has 2 aromatic carbocycles. The van der Waals surface area contributed by atoms with Crippen LogP contribution in [-0.2, 0) is 0 Å². The van der Waals surface area contributed by atoms with Crippen molar-refractivity contribution in [2.45, 2.75) is 6.04 Å². The number of nitrogens with zero attached hydrogens (tertiary/aromatic N) is 1. The van der Waals surface area contributed by atoms with Gasteiger partial charge in [-0.05, 0) is 37.9 Å². The molecule has 0 aromatic heterocycles. The summed E-state index contributed by atoms with van der Waals surface area (Å²) in [7, 11) is 4.01. The van der Waals surface area contributed by atoms with Gasteiger partial charge in [-0.25, -0.2) is 0 Å². The Bertz CT molecular complexity index is 599. The van der Waals surface area contributed by atoms with Gasteiger partial charge in [0.15, 0.2) is 0 Å². The zero-order chi connectivity index (χ0) is 15.2. The minimum atomic E-state index is -0.111. The summed E-state index contributed by atoms with van der Waals surface area (Å²) in [6.07, 6.45) is 0. The highest BCUT2D eigenvalue weighted by Crippen LogP contribution is 2.17. The summed E-state index contributed by atoms with van der Waals surface area (Å²) in [6, 6.07) is 17.2. The Morgan fingerprint density at radius 2 is 1.86 bits per heavy atom. The number of carbonyl (C=O) groups excluding carboxylic acids is 1. The molecule has 21 heavy (non-hydrogen) atoms. The van der Waals surface area contributed by atoms with Crippen molar-refractivity contribution < 1.29 is 4.79 Å². The molecular formula is C17H19ClN2O. The van der Waals surface area contributed by atoms with E-state index >= 15 is 0 Å². The maximum Gasteiger partial charge on any atom is 0.251 e. The maximum atomic E-state index is 12.2. The van der Waals surface area contributed by atoms with E-state index in [1.54, 1.807) is 24.3 Å². The van der Waals surface area contributed by atoms with Crippen LogP contribution in [0.4, 0.5) is 0 Å². The molecule has 0 saturated heterocycles. The van der Waals surface area contributed by atoms with E-state index < -0.39 is 0 Å². The van der Waals surface area contributed by atoms with Crippen molar-refractivity contribution in [1.82, 2.24) is 10.2 Å². The quantitative estimate of drug-likeness (QED) is 0.918. The molecule has 2 rings (SSSR count). The second-order valence-corrected chi connectivity index (χ2v) is 5.55. The Labute approximate surface area is 130 Å². The standard InChI is InChI=1S/C17H19ClN2O/c1-20(2)16(13-7-4-3-5-8-13)12-19-17(21)14-9-6-10-15(18)11-14/h3-11,16H,12H2,1-2H3,(H,19,21)/t16-/m0/s1. The molecule has 0 aliphatic rings. The van der Waals surface area contributed by atoms with Gasteiger partial charge in [-0.3, -0.25) is 4.79 Å². The van der Waals surface area contributed by atoms with Crippen molar-refractivity contribution in [2.24, 2.45) is 0 Å². The van der Waals surface area contributed by atoms with E-state index in [0.29, 0.717) is 17.1 Å². The van der Waals surface area contributed by atoms with Gasteiger partial charge in [0.1, 0.15) is 0 Å². The molecule has 1 amide bonds. The highest BCUT2D eigenvalue weighted by molar-refractivity contribution is 6.30. The Hall–Kier alpha value is -1.84. The van der Waals surface area contributed by atoms with Gasteiger partial charge in [0.2, 0.25) is 0 Å². The van der Waals surface area contributed by atoms with Crippen LogP contribution in [0, 0.1) is 0 Å². The summed E-state index contributed by atoms with van der Waals surface area (Å²) in [6.45, 7) is 0.544. The molecule has 0 saturated carbocycles. The molecule has 0 fully saturated rings. The van der Waals surface area contributed by atoms with Crippen LogP contribution in [0.3, 0.4) is 0 Å². The van der Waals surface area contributed by atoms with Crippen LogP contribution in [0.2, 0.25) is 5.02 Å². The fraction of sp³-hybridized carbons (Fsp3) is 0.235. The number of carbonyl (C=O) groups is 1. The lowest BCUT2D eigenvalue weighted by atomic mass is 10.1. The third-order valence-electron chi connectivity index (χ3n) is 3.35. The van der Waals surface area contributed by atoms with E-state index in [2.05, 4.69) is 22.3 Å². The molecule has 0 aliphatic carbocycles. The van der Waals surface area contributed by atoms with Crippen molar-refractivity contribution >= 4 is 17.5 Å². The summed E-state index contributed by atoms with van der Waals surface area (Å²) >= 11 is 5.91. The molecule has 1 atom stereocenters. The number of rotatable bonds is 5. The first-order valence-electron chi connectivity index (χ1n) is 6.83. The molecule has 110 valence electrons. The molecule has 0 aliphatic heterocycles. The fourth-order valence-corrected chi connectivity index (χ4v) is 2.39. The van der Waals surface area contributed by atoms with Crippen molar-refractivity contribution in [1.29, 1.82) is 0 Å². The van der Waals surface area contributed by atoms with E-state index in [1.807, 2.05) is 32.3 Å². The number of benzene rings is 2. The molecule has 0 spiro atoms. The summed E-state index contributed by atoms with van der Waals surface area (Å²) in [4.78, 5) is 14.3. The van der Waals surface area contributed by atoms with Gasteiger partial charge in [-0.1, -0.05) is 48.0 Å². The molecule has 0 unspecified atom stereocenters. The third kappa shape index (κ3) is 4.31. The molecule has 2 aromatic rings. The topological polar surface area (TPSA) is 32.3 Å². The van der Waals surface area contributed by atoms with Crippen molar-refractivity contribution in [3.8, 4) is 0 Å². The van der Waals surface area contributed by atoms with Crippen molar-refractivity contribution in [3.05, 3.63) is 70.7 Å². The average molecular weight is 303 g/mol. The molecule has 0 heterocycles. The highest BCUT2D eigenvalue weighted by atomic mass is 35.5. The zero-order valence-corrected chi connectivity index (χ0v) is 13.0.